The van der Waals surface area contributed by atoms with E-state index >= 15 is 0 Å². The minimum Gasteiger partial charge on any atom is -0.382 e. The number of nitrogens with two attached hydrogens (primary N) is 2. The molecule has 3 heterocycles. The monoisotopic (exact) mass is 289 g/mol. The molecule has 1 aliphatic heterocycles. The van der Waals surface area contributed by atoms with E-state index in [4.69, 9.17) is 16.2 Å². The molecule has 1 fully saturated rings. The van der Waals surface area contributed by atoms with Crippen molar-refractivity contribution in [3.63, 3.8) is 0 Å². The van der Waals surface area contributed by atoms with Crippen molar-refractivity contribution in [2.75, 3.05) is 55.3 Å². The highest BCUT2D eigenvalue weighted by molar-refractivity contribution is 5.95. The van der Waals surface area contributed by atoms with E-state index in [-0.39, 0.29) is 0 Å². The van der Waals surface area contributed by atoms with Crippen LogP contribution < -0.4 is 21.7 Å². The summed E-state index contributed by atoms with van der Waals surface area (Å²) in [5.74, 6) is 1.78. The number of aromatic nitrogens is 3. The van der Waals surface area contributed by atoms with Gasteiger partial charge in [-0.2, -0.15) is 4.98 Å². The smallest absolute Gasteiger partial charge is 0.228 e. The first kappa shape index (κ1) is 13.8. The largest absolute Gasteiger partial charge is 0.382 e. The summed E-state index contributed by atoms with van der Waals surface area (Å²) in [6.07, 6.45) is 1.66. The molecule has 21 heavy (non-hydrogen) atoms. The van der Waals surface area contributed by atoms with Crippen LogP contribution in [0.1, 0.15) is 0 Å². The fourth-order valence-electron chi connectivity index (χ4n) is 2.29. The summed E-state index contributed by atoms with van der Waals surface area (Å²) in [4.78, 5) is 15.4. The number of rotatable bonds is 4. The van der Waals surface area contributed by atoms with E-state index in [9.17, 15) is 0 Å². The lowest BCUT2D eigenvalue weighted by atomic mass is 10.2. The molecular formula is C13H19N7O. The zero-order valence-corrected chi connectivity index (χ0v) is 11.7. The Bertz CT molecular complexity index is 627. The van der Waals surface area contributed by atoms with Gasteiger partial charge < -0.3 is 26.4 Å². The quantitative estimate of drug-likeness (QED) is 0.709. The molecule has 3 rings (SSSR count). The zero-order valence-electron chi connectivity index (χ0n) is 11.7. The molecule has 5 N–H and O–H groups in total. The van der Waals surface area contributed by atoms with E-state index in [0.29, 0.717) is 43.6 Å². The summed E-state index contributed by atoms with van der Waals surface area (Å²) in [5, 5.41) is 4.08. The van der Waals surface area contributed by atoms with Gasteiger partial charge in [-0.25, -0.2) is 9.97 Å². The van der Waals surface area contributed by atoms with E-state index in [1.165, 1.54) is 0 Å². The second-order valence-electron chi connectivity index (χ2n) is 4.78. The lowest BCUT2D eigenvalue weighted by Crippen LogP contribution is -2.37. The van der Waals surface area contributed by atoms with Crippen molar-refractivity contribution >= 4 is 28.5 Å². The normalized spacial score (nSPS) is 15.4. The Morgan fingerprint density at radius 3 is 2.86 bits per heavy atom. The molecule has 2 aromatic heterocycles. The van der Waals surface area contributed by atoms with Crippen molar-refractivity contribution in [2.24, 2.45) is 5.73 Å². The number of anilines is 3. The zero-order chi connectivity index (χ0) is 14.7. The lowest BCUT2D eigenvalue weighted by molar-refractivity contribution is 0.122. The van der Waals surface area contributed by atoms with Crippen LogP contribution in [0.5, 0.6) is 0 Å². The Kier molecular flexibility index (Phi) is 3.98. The molecule has 0 atom stereocenters. The molecule has 0 aromatic carbocycles. The van der Waals surface area contributed by atoms with Crippen molar-refractivity contribution in [2.45, 2.75) is 0 Å². The standard InChI is InChI=1S/C13H19N7O/c14-2-4-17-12-9-1-3-16-11(15)10(9)18-13(19-12)20-5-7-21-8-6-20/h1,3H,2,4-8,14H2,(H2,15,16)(H,17,18,19). The van der Waals surface area contributed by atoms with Crippen LogP contribution in [-0.2, 0) is 4.74 Å². The molecule has 0 radical (unpaired) electrons. The predicted molar refractivity (Wildman–Crippen MR) is 82.3 cm³/mol. The van der Waals surface area contributed by atoms with E-state index < -0.39 is 0 Å². The summed E-state index contributed by atoms with van der Waals surface area (Å²) < 4.78 is 5.36. The van der Waals surface area contributed by atoms with E-state index in [1.54, 1.807) is 6.20 Å². The van der Waals surface area contributed by atoms with Crippen molar-refractivity contribution in [3.05, 3.63) is 12.3 Å². The Morgan fingerprint density at radius 2 is 2.10 bits per heavy atom. The number of pyridine rings is 1. The molecule has 112 valence electrons. The number of fused-ring (bicyclic) bond motifs is 1. The summed E-state index contributed by atoms with van der Waals surface area (Å²) >= 11 is 0. The molecule has 0 spiro atoms. The summed E-state index contributed by atoms with van der Waals surface area (Å²) in [6, 6.07) is 1.85. The van der Waals surface area contributed by atoms with Crippen LogP contribution in [0.2, 0.25) is 0 Å². The van der Waals surface area contributed by atoms with Gasteiger partial charge in [-0.1, -0.05) is 0 Å². The SMILES string of the molecule is NCCNc1nc(N2CCOCC2)nc2c(N)nccc12. The number of nitrogens with one attached hydrogen (secondary N) is 1. The van der Waals surface area contributed by atoms with Crippen LogP contribution in [0.3, 0.4) is 0 Å². The van der Waals surface area contributed by atoms with Crippen LogP contribution in [0.15, 0.2) is 12.3 Å². The first-order chi connectivity index (χ1) is 10.3. The predicted octanol–water partition coefficient (Wildman–Crippen LogP) is -0.186. The van der Waals surface area contributed by atoms with Gasteiger partial charge in [0.05, 0.1) is 13.2 Å². The molecule has 0 aliphatic carbocycles. The third-order valence-electron chi connectivity index (χ3n) is 3.36. The van der Waals surface area contributed by atoms with Gasteiger partial charge in [-0.15, -0.1) is 0 Å². The third kappa shape index (κ3) is 2.81. The van der Waals surface area contributed by atoms with E-state index in [0.717, 1.165) is 24.3 Å². The molecule has 0 bridgehead atoms. The molecule has 1 aliphatic rings. The van der Waals surface area contributed by atoms with Gasteiger partial charge in [-0.05, 0) is 6.07 Å². The number of hydrogen-bond donors (Lipinski definition) is 3. The maximum Gasteiger partial charge on any atom is 0.228 e. The fraction of sp³-hybridized carbons (Fsp3) is 0.462. The number of hydrogen-bond acceptors (Lipinski definition) is 8. The minimum atomic E-state index is 0.403. The Hall–Kier alpha value is -2.19. The van der Waals surface area contributed by atoms with Crippen molar-refractivity contribution in [3.8, 4) is 0 Å². The highest BCUT2D eigenvalue weighted by atomic mass is 16.5. The number of nitrogens with zero attached hydrogens (tertiary/aromatic N) is 4. The molecule has 8 nitrogen and oxygen atoms in total. The summed E-state index contributed by atoms with van der Waals surface area (Å²) in [6.45, 7) is 4.05. The summed E-state index contributed by atoms with van der Waals surface area (Å²) in [7, 11) is 0. The maximum absolute atomic E-state index is 5.96. The van der Waals surface area contributed by atoms with Crippen LogP contribution in [0, 0.1) is 0 Å². The van der Waals surface area contributed by atoms with Crippen molar-refractivity contribution in [1.29, 1.82) is 0 Å². The fourth-order valence-corrected chi connectivity index (χ4v) is 2.29. The molecule has 1 saturated heterocycles. The van der Waals surface area contributed by atoms with Crippen LogP contribution in [-0.4, -0.2) is 54.3 Å². The highest BCUT2D eigenvalue weighted by Gasteiger charge is 2.17. The third-order valence-corrected chi connectivity index (χ3v) is 3.36. The highest BCUT2D eigenvalue weighted by Crippen LogP contribution is 2.26. The van der Waals surface area contributed by atoms with Gasteiger partial charge in [-0.3, -0.25) is 0 Å². The first-order valence-corrected chi connectivity index (χ1v) is 6.98. The maximum atomic E-state index is 5.96. The average Bonchev–Trinajstić information content (AvgIpc) is 2.54. The number of ether oxygens (including phenoxy) is 1. The van der Waals surface area contributed by atoms with Gasteiger partial charge >= 0.3 is 0 Å². The van der Waals surface area contributed by atoms with E-state index in [1.807, 2.05) is 6.07 Å². The van der Waals surface area contributed by atoms with Crippen LogP contribution in [0.4, 0.5) is 17.6 Å². The Balaban J connectivity index is 2.06. The van der Waals surface area contributed by atoms with Gasteiger partial charge in [0.2, 0.25) is 5.95 Å². The number of nitrogen functional groups attached to an aromatic ring is 1. The van der Waals surface area contributed by atoms with Gasteiger partial charge in [0.25, 0.3) is 0 Å². The van der Waals surface area contributed by atoms with Crippen LogP contribution in [0.25, 0.3) is 10.9 Å². The molecular weight excluding hydrogens is 270 g/mol. The molecule has 0 saturated carbocycles. The van der Waals surface area contributed by atoms with Gasteiger partial charge in [0.15, 0.2) is 0 Å². The molecule has 8 heteroatoms. The van der Waals surface area contributed by atoms with Crippen LogP contribution >= 0.6 is 0 Å². The minimum absolute atomic E-state index is 0.403. The second kappa shape index (κ2) is 6.06. The number of morpholine rings is 1. The summed E-state index contributed by atoms with van der Waals surface area (Å²) in [5.41, 5.74) is 12.2. The van der Waals surface area contributed by atoms with Crippen molar-refractivity contribution < 1.29 is 4.74 Å². The first-order valence-electron chi connectivity index (χ1n) is 6.98. The average molecular weight is 289 g/mol. The Morgan fingerprint density at radius 1 is 1.29 bits per heavy atom. The molecule has 0 amide bonds. The molecule has 2 aromatic rings. The van der Waals surface area contributed by atoms with Gasteiger partial charge in [0, 0.05) is 37.8 Å². The van der Waals surface area contributed by atoms with Crippen molar-refractivity contribution in [1.82, 2.24) is 15.0 Å². The molecule has 0 unspecified atom stereocenters. The topological polar surface area (TPSA) is 115 Å². The Labute approximate surface area is 122 Å². The van der Waals surface area contributed by atoms with E-state index in [2.05, 4.69) is 25.2 Å². The second-order valence-corrected chi connectivity index (χ2v) is 4.78. The lowest BCUT2D eigenvalue weighted by Gasteiger charge is -2.27. The van der Waals surface area contributed by atoms with Gasteiger partial charge in [0.1, 0.15) is 17.2 Å².